The first-order chi connectivity index (χ1) is 25.6. The molecule has 3 aromatic carbocycles. The monoisotopic (exact) mass is 738 g/mol. The third kappa shape index (κ3) is 7.91. The summed E-state index contributed by atoms with van der Waals surface area (Å²) in [5.41, 5.74) is 1.54. The molecule has 0 fully saturated rings. The predicted octanol–water partition coefficient (Wildman–Crippen LogP) is 10.9. The number of aryl methyl sites for hydroxylation is 1. The zero-order valence-electron chi connectivity index (χ0n) is 30.6. The molecular formula is C44H47F3N3O2S+. The molecule has 276 valence electrons. The Hall–Kier alpha value is -4.89. The highest BCUT2D eigenvalue weighted by Gasteiger charge is 2.51. The van der Waals surface area contributed by atoms with Crippen molar-refractivity contribution >= 4 is 49.9 Å². The van der Waals surface area contributed by atoms with Crippen molar-refractivity contribution in [2.45, 2.75) is 70.8 Å². The largest absolute Gasteiger partial charge is 0.516 e. The number of nitrogens with zero attached hydrogens (tertiary/aromatic N) is 3. The maximum atomic E-state index is 14.2. The van der Waals surface area contributed by atoms with Gasteiger partial charge >= 0.3 is 15.5 Å². The first-order valence-corrected chi connectivity index (χ1v) is 20.0. The van der Waals surface area contributed by atoms with Gasteiger partial charge in [-0.25, -0.2) is 0 Å². The zero-order valence-corrected chi connectivity index (χ0v) is 31.4. The van der Waals surface area contributed by atoms with E-state index in [2.05, 4.69) is 47.6 Å². The molecule has 2 heterocycles. The Balaban J connectivity index is 1.51. The second-order valence-corrected chi connectivity index (χ2v) is 15.5. The summed E-state index contributed by atoms with van der Waals surface area (Å²) >= 11 is 0. The van der Waals surface area contributed by atoms with E-state index in [0.29, 0.717) is 26.6 Å². The number of unbranched alkanes of at least 4 members (excludes halogenated alkanes) is 5. The van der Waals surface area contributed by atoms with E-state index < -0.39 is 15.5 Å². The molecular weight excluding hydrogens is 692 g/mol. The van der Waals surface area contributed by atoms with Gasteiger partial charge in [-0.2, -0.15) is 26.2 Å². The highest BCUT2D eigenvalue weighted by Crippen LogP contribution is 2.46. The molecule has 6 rings (SSSR count). The van der Waals surface area contributed by atoms with Crippen LogP contribution in [0.15, 0.2) is 121 Å². The van der Waals surface area contributed by atoms with Crippen LogP contribution < -0.4 is 9.47 Å². The Kier molecular flexibility index (Phi) is 11.7. The fraction of sp³-hybridized carbons (Fsp3) is 0.295. The number of rotatable bonds is 14. The van der Waals surface area contributed by atoms with E-state index in [1.54, 1.807) is 12.2 Å². The summed E-state index contributed by atoms with van der Waals surface area (Å²) in [4.78, 5) is 2.24. The van der Waals surface area contributed by atoms with Crippen molar-refractivity contribution in [3.05, 3.63) is 143 Å². The number of fused-ring (bicyclic) bond motifs is 3. The molecule has 53 heavy (non-hydrogen) atoms. The number of para-hydroxylation sites is 2. The van der Waals surface area contributed by atoms with Gasteiger partial charge in [-0.1, -0.05) is 106 Å². The van der Waals surface area contributed by atoms with Gasteiger partial charge in [0.25, 0.3) is 0 Å². The number of likely N-dealkylation sites (N-methyl/N-ethyl adjacent to an activating group) is 1. The van der Waals surface area contributed by atoms with Crippen molar-refractivity contribution in [2.75, 3.05) is 18.5 Å². The summed E-state index contributed by atoms with van der Waals surface area (Å²) in [6.07, 6.45) is 18.8. The molecule has 0 unspecified atom stereocenters. The number of sulfonamides is 1. The van der Waals surface area contributed by atoms with Crippen molar-refractivity contribution in [1.82, 2.24) is 4.31 Å². The topological polar surface area (TPSA) is 44.5 Å². The fourth-order valence-corrected chi connectivity index (χ4v) is 7.95. The van der Waals surface area contributed by atoms with E-state index >= 15 is 0 Å². The molecule has 0 saturated carbocycles. The number of allylic oxidation sites excluding steroid dienone is 6. The number of benzene rings is 3. The molecule has 2 aliphatic rings. The van der Waals surface area contributed by atoms with E-state index in [0.717, 1.165) is 98.6 Å². The summed E-state index contributed by atoms with van der Waals surface area (Å²) in [7, 11) is -4.74. The first kappa shape index (κ1) is 37.9. The van der Waals surface area contributed by atoms with Crippen LogP contribution in [0, 0.1) is 0 Å². The summed E-state index contributed by atoms with van der Waals surface area (Å²) in [5.74, 6) is 0. The molecule has 0 radical (unpaired) electrons. The van der Waals surface area contributed by atoms with Crippen LogP contribution >= 0.6 is 0 Å². The molecule has 0 N–H and O–H groups in total. The summed E-state index contributed by atoms with van der Waals surface area (Å²) in [5, 5.41) is 1.08. The van der Waals surface area contributed by atoms with Crippen LogP contribution in [0.4, 0.5) is 18.9 Å². The second kappa shape index (κ2) is 16.4. The second-order valence-electron chi connectivity index (χ2n) is 13.5. The maximum Gasteiger partial charge on any atom is 0.516 e. The molecule has 1 aromatic heterocycles. The van der Waals surface area contributed by atoms with Crippen molar-refractivity contribution < 1.29 is 26.2 Å². The van der Waals surface area contributed by atoms with E-state index in [9.17, 15) is 21.6 Å². The van der Waals surface area contributed by atoms with Crippen LogP contribution in [0.25, 0.3) is 34.2 Å². The average molecular weight is 739 g/mol. The number of pyridine rings is 1. The minimum absolute atomic E-state index is 0.0235. The van der Waals surface area contributed by atoms with Crippen molar-refractivity contribution in [2.24, 2.45) is 0 Å². The summed E-state index contributed by atoms with van der Waals surface area (Å²) in [6.45, 7) is 5.87. The first-order valence-electron chi connectivity index (χ1n) is 18.5. The van der Waals surface area contributed by atoms with Crippen molar-refractivity contribution in [3.63, 3.8) is 0 Å². The van der Waals surface area contributed by atoms with Crippen molar-refractivity contribution in [1.29, 1.82) is 0 Å². The lowest BCUT2D eigenvalue weighted by atomic mass is 10.0. The van der Waals surface area contributed by atoms with Gasteiger partial charge in [0.2, 0.25) is 11.2 Å². The summed E-state index contributed by atoms with van der Waals surface area (Å²) < 4.78 is 71.6. The number of halogens is 3. The third-order valence-electron chi connectivity index (χ3n) is 9.99. The van der Waals surface area contributed by atoms with E-state index in [1.807, 2.05) is 85.0 Å². The smallest absolute Gasteiger partial charge is 0.341 e. The zero-order chi connectivity index (χ0) is 37.6. The maximum absolute atomic E-state index is 14.2. The van der Waals surface area contributed by atoms with E-state index in [4.69, 9.17) is 0 Å². The van der Waals surface area contributed by atoms with Gasteiger partial charge < -0.3 is 4.90 Å². The molecule has 4 aromatic rings. The average Bonchev–Trinajstić information content (AvgIpc) is 3.47. The molecule has 5 nitrogen and oxygen atoms in total. The van der Waals surface area contributed by atoms with Crippen molar-refractivity contribution in [3.8, 4) is 0 Å². The lowest BCUT2D eigenvalue weighted by Crippen LogP contribution is -2.38. The molecule has 0 atom stereocenters. The Morgan fingerprint density at radius 2 is 1.45 bits per heavy atom. The third-order valence-corrected chi connectivity index (χ3v) is 11.5. The lowest BCUT2D eigenvalue weighted by molar-refractivity contribution is -0.673. The molecule has 0 spiro atoms. The molecule has 0 amide bonds. The van der Waals surface area contributed by atoms with E-state index in [-0.39, 0.29) is 5.70 Å². The number of hydrogen-bond acceptors (Lipinski definition) is 3. The van der Waals surface area contributed by atoms with Gasteiger partial charge in [-0.3, -0.25) is 4.31 Å². The van der Waals surface area contributed by atoms with Gasteiger partial charge in [0.05, 0.1) is 5.70 Å². The van der Waals surface area contributed by atoms with Crippen LogP contribution in [-0.4, -0.2) is 31.8 Å². The standard InChI is InChI=1S/C44H47F3N3O2S/c1-4-6-8-16-32-50-36(26-24-34-18-10-14-22-42(34)50)28-30-40-38-20-12-11-19-37(38)39(43(40)48(3)53(51,52)44(45,46)47)29-27-35-25-23-33-17-9-13-21-41(33)49(35)31-15-7-5-2/h9-14,17-30H,4-8,15-16,31-32H2,1-3H3/q+1. The molecule has 1 aliphatic heterocycles. The SMILES string of the molecule is CCCCCCN1C(=CC=C2C(N(C)S(=O)(=O)C(F)(F)F)=C(C=Cc3ccc4ccccc4[n+]3CCCCC)c3ccccc32)C=Cc2ccccc21. The molecule has 1 aliphatic carbocycles. The normalized spacial score (nSPS) is 16.0. The molecule has 0 saturated heterocycles. The highest BCUT2D eigenvalue weighted by atomic mass is 32.2. The quantitative estimate of drug-likeness (QED) is 0.0956. The minimum atomic E-state index is -5.74. The summed E-state index contributed by atoms with van der Waals surface area (Å²) in [6, 6.07) is 27.6. The Bertz CT molecular complexity index is 2230. The lowest BCUT2D eigenvalue weighted by Gasteiger charge is -2.30. The van der Waals surface area contributed by atoms with Gasteiger partial charge in [0.1, 0.15) is 6.54 Å². The molecule has 0 bridgehead atoms. The van der Waals surface area contributed by atoms with Gasteiger partial charge in [0.15, 0.2) is 0 Å². The number of hydrogen-bond donors (Lipinski definition) is 0. The van der Waals surface area contributed by atoms with Gasteiger partial charge in [-0.05, 0) is 66.0 Å². The Morgan fingerprint density at radius 1 is 0.755 bits per heavy atom. The van der Waals surface area contributed by atoms with E-state index in [1.165, 1.54) is 0 Å². The number of aromatic nitrogens is 1. The van der Waals surface area contributed by atoms with Crippen LogP contribution in [0.1, 0.15) is 81.2 Å². The molecule has 9 heteroatoms. The number of anilines is 1. The fourth-order valence-electron chi connectivity index (χ4n) is 7.21. The van der Waals surface area contributed by atoms with Crippen LogP contribution in [0.3, 0.4) is 0 Å². The predicted molar refractivity (Wildman–Crippen MR) is 212 cm³/mol. The Labute approximate surface area is 311 Å². The van der Waals surface area contributed by atoms with Gasteiger partial charge in [-0.15, -0.1) is 0 Å². The Morgan fingerprint density at radius 3 is 2.23 bits per heavy atom. The van der Waals surface area contributed by atoms with Crippen LogP contribution in [0.5, 0.6) is 0 Å². The number of alkyl halides is 3. The minimum Gasteiger partial charge on any atom is -0.341 e. The van der Waals surface area contributed by atoms with Crippen LogP contribution in [0.2, 0.25) is 0 Å². The van der Waals surface area contributed by atoms with Crippen LogP contribution in [-0.2, 0) is 16.6 Å². The van der Waals surface area contributed by atoms with Gasteiger partial charge in [0, 0.05) is 66.1 Å². The highest BCUT2D eigenvalue weighted by molar-refractivity contribution is 7.90.